The lowest BCUT2D eigenvalue weighted by molar-refractivity contribution is 0.514. The minimum Gasteiger partial charge on any atom is -0.311 e. The third-order valence-corrected chi connectivity index (χ3v) is 3.79. The number of nitrogens with zero attached hydrogens (tertiary/aromatic N) is 3. The highest BCUT2D eigenvalue weighted by molar-refractivity contribution is 7.15. The molecule has 0 amide bonds. The van der Waals surface area contributed by atoms with Gasteiger partial charge in [0.25, 0.3) is 0 Å². The molecule has 1 unspecified atom stereocenters. The fraction of sp³-hybridized carbons (Fsp3) is 0.231. The Balaban J connectivity index is 1.87. The van der Waals surface area contributed by atoms with Crippen LogP contribution in [0.25, 0.3) is 4.96 Å². The van der Waals surface area contributed by atoms with E-state index in [4.69, 9.17) is 0 Å². The number of hydrogen-bond acceptors (Lipinski definition) is 4. The highest BCUT2D eigenvalue weighted by Gasteiger charge is 2.17. The van der Waals surface area contributed by atoms with Crippen LogP contribution in [0.4, 0.5) is 4.39 Å². The summed E-state index contributed by atoms with van der Waals surface area (Å²) in [6, 6.07) is 2.85. The van der Waals surface area contributed by atoms with Crippen LogP contribution in [0.15, 0.2) is 36.1 Å². The van der Waals surface area contributed by atoms with Crippen molar-refractivity contribution in [2.75, 3.05) is 7.05 Å². The Bertz CT molecular complexity index is 662. The molecule has 0 aliphatic carbocycles. The number of aromatic nitrogens is 3. The van der Waals surface area contributed by atoms with E-state index in [-0.39, 0.29) is 11.9 Å². The van der Waals surface area contributed by atoms with Crippen LogP contribution in [0.3, 0.4) is 0 Å². The smallest absolute Gasteiger partial charge is 0.193 e. The van der Waals surface area contributed by atoms with Crippen LogP contribution in [-0.4, -0.2) is 21.4 Å². The van der Waals surface area contributed by atoms with Crippen LogP contribution in [0, 0.1) is 5.82 Å². The van der Waals surface area contributed by atoms with Crippen molar-refractivity contribution >= 4 is 16.3 Å². The van der Waals surface area contributed by atoms with Crippen LogP contribution >= 0.6 is 11.3 Å². The summed E-state index contributed by atoms with van der Waals surface area (Å²) in [4.78, 5) is 9.57. The first-order valence-corrected chi connectivity index (χ1v) is 6.84. The van der Waals surface area contributed by atoms with Gasteiger partial charge in [0.15, 0.2) is 4.96 Å². The van der Waals surface area contributed by atoms with Crippen molar-refractivity contribution in [1.29, 1.82) is 0 Å². The number of imidazole rings is 1. The number of pyridine rings is 1. The summed E-state index contributed by atoms with van der Waals surface area (Å²) in [5.74, 6) is -0.289. The minimum atomic E-state index is -0.289. The third-order valence-electron chi connectivity index (χ3n) is 3.02. The molecule has 0 fully saturated rings. The van der Waals surface area contributed by atoms with E-state index in [0.29, 0.717) is 12.1 Å². The molecule has 98 valence electrons. The third kappa shape index (κ3) is 2.36. The number of nitrogens with one attached hydrogen (secondary N) is 1. The van der Waals surface area contributed by atoms with Crippen LogP contribution in [0.5, 0.6) is 0 Å². The normalized spacial score (nSPS) is 12.9. The van der Waals surface area contributed by atoms with Crippen molar-refractivity contribution in [3.63, 3.8) is 0 Å². The molecule has 3 aromatic heterocycles. The van der Waals surface area contributed by atoms with Gasteiger partial charge in [-0.3, -0.25) is 9.38 Å². The van der Waals surface area contributed by atoms with Crippen LogP contribution < -0.4 is 5.32 Å². The Kier molecular flexibility index (Phi) is 3.27. The summed E-state index contributed by atoms with van der Waals surface area (Å²) < 4.78 is 15.7. The molecule has 0 aliphatic rings. The zero-order valence-corrected chi connectivity index (χ0v) is 11.2. The molecule has 3 heterocycles. The standard InChI is InChI=1S/C13H13FN4S/c1-15-11(12-10(14)3-2-4-16-12)7-9-8-18-5-6-19-13(18)17-9/h2-6,8,11,15H,7H2,1H3. The molecule has 19 heavy (non-hydrogen) atoms. The second-order valence-electron chi connectivity index (χ2n) is 4.24. The predicted molar refractivity (Wildman–Crippen MR) is 72.8 cm³/mol. The monoisotopic (exact) mass is 276 g/mol. The van der Waals surface area contributed by atoms with E-state index in [1.165, 1.54) is 6.07 Å². The largest absolute Gasteiger partial charge is 0.311 e. The van der Waals surface area contributed by atoms with Crippen molar-refractivity contribution in [2.45, 2.75) is 12.5 Å². The lowest BCUT2D eigenvalue weighted by Crippen LogP contribution is -2.21. The molecule has 0 radical (unpaired) electrons. The van der Waals surface area contributed by atoms with Crippen molar-refractivity contribution in [3.05, 3.63) is 53.3 Å². The average molecular weight is 276 g/mol. The van der Waals surface area contributed by atoms with Crippen molar-refractivity contribution in [3.8, 4) is 0 Å². The molecule has 0 aliphatic heterocycles. The molecule has 3 aromatic rings. The van der Waals surface area contributed by atoms with E-state index in [0.717, 1.165) is 10.7 Å². The van der Waals surface area contributed by atoms with Gasteiger partial charge < -0.3 is 5.32 Å². The van der Waals surface area contributed by atoms with Gasteiger partial charge in [0.2, 0.25) is 0 Å². The Morgan fingerprint density at radius 2 is 2.42 bits per heavy atom. The van der Waals surface area contributed by atoms with E-state index < -0.39 is 0 Å². The molecule has 0 saturated heterocycles. The van der Waals surface area contributed by atoms with Gasteiger partial charge in [-0.25, -0.2) is 9.37 Å². The summed E-state index contributed by atoms with van der Waals surface area (Å²) in [6.07, 6.45) is 6.15. The number of likely N-dealkylation sites (N-methyl/N-ethyl adjacent to an activating group) is 1. The summed E-state index contributed by atoms with van der Waals surface area (Å²) in [5, 5.41) is 5.08. The second kappa shape index (κ2) is 5.07. The van der Waals surface area contributed by atoms with E-state index >= 15 is 0 Å². The molecule has 0 spiro atoms. The molecule has 4 nitrogen and oxygen atoms in total. The van der Waals surface area contributed by atoms with Gasteiger partial charge >= 0.3 is 0 Å². The molecule has 3 rings (SSSR count). The summed E-state index contributed by atoms with van der Waals surface area (Å²) >= 11 is 1.58. The van der Waals surface area contributed by atoms with Crippen molar-refractivity contribution in [2.24, 2.45) is 0 Å². The van der Waals surface area contributed by atoms with Crippen LogP contribution in [0.1, 0.15) is 17.4 Å². The molecular weight excluding hydrogens is 263 g/mol. The van der Waals surface area contributed by atoms with E-state index in [1.54, 1.807) is 30.6 Å². The highest BCUT2D eigenvalue weighted by atomic mass is 32.1. The van der Waals surface area contributed by atoms with Gasteiger partial charge in [-0.15, -0.1) is 11.3 Å². The molecule has 1 N–H and O–H groups in total. The molecule has 6 heteroatoms. The second-order valence-corrected chi connectivity index (χ2v) is 5.11. The maximum absolute atomic E-state index is 13.7. The topological polar surface area (TPSA) is 42.2 Å². The van der Waals surface area contributed by atoms with E-state index in [9.17, 15) is 4.39 Å². The van der Waals surface area contributed by atoms with Crippen molar-refractivity contribution < 1.29 is 4.39 Å². The zero-order chi connectivity index (χ0) is 13.2. The van der Waals surface area contributed by atoms with Gasteiger partial charge in [0.1, 0.15) is 5.82 Å². The first kappa shape index (κ1) is 12.3. The van der Waals surface area contributed by atoms with Crippen LogP contribution in [-0.2, 0) is 6.42 Å². The van der Waals surface area contributed by atoms with Gasteiger partial charge in [-0.05, 0) is 19.2 Å². The lowest BCUT2D eigenvalue weighted by Gasteiger charge is -2.14. The first-order valence-electron chi connectivity index (χ1n) is 5.96. The summed E-state index contributed by atoms with van der Waals surface area (Å²) in [7, 11) is 1.80. The molecule has 1 atom stereocenters. The molecule has 0 bridgehead atoms. The first-order chi connectivity index (χ1) is 9.28. The van der Waals surface area contributed by atoms with E-state index in [2.05, 4.69) is 15.3 Å². The Morgan fingerprint density at radius 3 is 3.16 bits per heavy atom. The number of fused-ring (bicyclic) bond motifs is 1. The summed E-state index contributed by atoms with van der Waals surface area (Å²) in [5.41, 5.74) is 1.36. The van der Waals surface area contributed by atoms with Crippen LogP contribution in [0.2, 0.25) is 0 Å². The number of hydrogen-bond donors (Lipinski definition) is 1. The maximum Gasteiger partial charge on any atom is 0.193 e. The van der Waals surface area contributed by atoms with Gasteiger partial charge in [-0.2, -0.15) is 0 Å². The predicted octanol–water partition coefficient (Wildman–Crippen LogP) is 2.43. The quantitative estimate of drug-likeness (QED) is 0.796. The summed E-state index contributed by atoms with van der Waals surface area (Å²) in [6.45, 7) is 0. The van der Waals surface area contributed by atoms with Gasteiger partial charge in [0.05, 0.1) is 17.4 Å². The Hall–Kier alpha value is -1.79. The number of halogens is 1. The maximum atomic E-state index is 13.7. The SMILES string of the molecule is CNC(Cc1cn2ccsc2n1)c1ncccc1F. The van der Waals surface area contributed by atoms with Gasteiger partial charge in [0, 0.05) is 30.4 Å². The fourth-order valence-electron chi connectivity index (χ4n) is 2.07. The molecular formula is C13H13FN4S. The van der Waals surface area contributed by atoms with E-state index in [1.807, 2.05) is 22.2 Å². The number of thiazole rings is 1. The zero-order valence-electron chi connectivity index (χ0n) is 10.4. The minimum absolute atomic E-state index is 0.175. The lowest BCUT2D eigenvalue weighted by atomic mass is 10.1. The fourth-order valence-corrected chi connectivity index (χ4v) is 2.79. The number of rotatable bonds is 4. The Labute approximate surface area is 113 Å². The van der Waals surface area contributed by atoms with Crippen molar-refractivity contribution in [1.82, 2.24) is 19.7 Å². The Morgan fingerprint density at radius 1 is 1.53 bits per heavy atom. The average Bonchev–Trinajstić information content (AvgIpc) is 2.97. The molecule has 0 saturated carbocycles. The molecule has 0 aromatic carbocycles. The van der Waals surface area contributed by atoms with Gasteiger partial charge in [-0.1, -0.05) is 0 Å². The highest BCUT2D eigenvalue weighted by Crippen LogP contribution is 2.20.